The summed E-state index contributed by atoms with van der Waals surface area (Å²) in [4.78, 5) is 11.3. The maximum atomic E-state index is 6.41. The normalized spacial score (nSPS) is 15.9. The second kappa shape index (κ2) is 9.66. The van der Waals surface area contributed by atoms with E-state index in [1.807, 2.05) is 25.1 Å². The van der Waals surface area contributed by atoms with Gasteiger partial charge in [0.2, 0.25) is 5.95 Å². The van der Waals surface area contributed by atoms with Crippen molar-refractivity contribution in [2.75, 3.05) is 44.5 Å². The van der Waals surface area contributed by atoms with Crippen LogP contribution in [0.25, 0.3) is 0 Å². The van der Waals surface area contributed by atoms with Crippen LogP contribution in [0.3, 0.4) is 0 Å². The smallest absolute Gasteiger partial charge is 0.229 e. The minimum absolute atomic E-state index is 0.129. The van der Waals surface area contributed by atoms with Crippen molar-refractivity contribution in [1.82, 2.24) is 14.9 Å². The Hall–Kier alpha value is -3.07. The number of hydrogen-bond donors (Lipinski definition) is 2. The number of aromatic nitrogens is 2. The summed E-state index contributed by atoms with van der Waals surface area (Å²) in [5, 5.41) is 7.05. The summed E-state index contributed by atoms with van der Waals surface area (Å²) >= 11 is 6.41. The van der Waals surface area contributed by atoms with Crippen LogP contribution in [-0.4, -0.2) is 54.9 Å². The molecule has 3 aromatic rings. The monoisotopic (exact) mass is 481 g/mol. The minimum Gasteiger partial charge on any atom is -0.495 e. The molecule has 0 atom stereocenters. The molecule has 1 aromatic heterocycles. The van der Waals surface area contributed by atoms with E-state index in [4.69, 9.17) is 25.8 Å². The lowest BCUT2D eigenvalue weighted by atomic mass is 9.99. The van der Waals surface area contributed by atoms with E-state index in [0.29, 0.717) is 30.0 Å². The van der Waals surface area contributed by atoms with E-state index in [9.17, 15) is 0 Å². The molecule has 0 spiro atoms. The molecule has 1 fully saturated rings. The summed E-state index contributed by atoms with van der Waals surface area (Å²) in [7, 11) is 3.80. The molecular weight excluding hydrogens is 454 g/mol. The average Bonchev–Trinajstić information content (AvgIpc) is 2.79. The molecule has 0 aliphatic carbocycles. The third-order valence-electron chi connectivity index (χ3n) is 6.08. The lowest BCUT2D eigenvalue weighted by Crippen LogP contribution is -2.38. The molecule has 9 heteroatoms. The Morgan fingerprint density at radius 2 is 1.97 bits per heavy atom. The van der Waals surface area contributed by atoms with Crippen molar-refractivity contribution in [2.45, 2.75) is 26.0 Å². The van der Waals surface area contributed by atoms with Crippen molar-refractivity contribution in [1.29, 1.82) is 0 Å². The maximum absolute atomic E-state index is 6.41. The molecule has 5 rings (SSSR count). The molecule has 2 aromatic carbocycles. The molecule has 2 aliphatic rings. The fourth-order valence-electron chi connectivity index (χ4n) is 4.08. The SMILES string of the molecule is COc1cc2c(cc1Nc1ncc(Cl)c(Nc3ccc(OC4COC4)cc3C)n1)CN(C)CC2. The van der Waals surface area contributed by atoms with Crippen LogP contribution in [0.15, 0.2) is 36.5 Å². The van der Waals surface area contributed by atoms with Crippen molar-refractivity contribution in [3.05, 3.63) is 58.2 Å². The van der Waals surface area contributed by atoms with E-state index >= 15 is 0 Å². The summed E-state index contributed by atoms with van der Waals surface area (Å²) < 4.78 is 16.7. The van der Waals surface area contributed by atoms with Gasteiger partial charge in [0.15, 0.2) is 5.82 Å². The number of nitrogens with zero attached hydrogens (tertiary/aromatic N) is 3. The highest BCUT2D eigenvalue weighted by atomic mass is 35.5. The van der Waals surface area contributed by atoms with Crippen molar-refractivity contribution < 1.29 is 14.2 Å². The van der Waals surface area contributed by atoms with Gasteiger partial charge < -0.3 is 29.7 Å². The fraction of sp³-hybridized carbons (Fsp3) is 0.360. The molecule has 0 amide bonds. The van der Waals surface area contributed by atoms with Crippen LogP contribution in [0.5, 0.6) is 11.5 Å². The van der Waals surface area contributed by atoms with Crippen molar-refractivity contribution in [3.8, 4) is 11.5 Å². The molecule has 0 radical (unpaired) electrons. The summed E-state index contributed by atoms with van der Waals surface area (Å²) in [6.45, 7) is 5.22. The molecule has 34 heavy (non-hydrogen) atoms. The first-order chi connectivity index (χ1) is 16.5. The number of methoxy groups -OCH3 is 1. The number of fused-ring (bicyclic) bond motifs is 1. The van der Waals surface area contributed by atoms with Gasteiger partial charge in [-0.25, -0.2) is 4.98 Å². The lowest BCUT2D eigenvalue weighted by molar-refractivity contribution is -0.0796. The van der Waals surface area contributed by atoms with Gasteiger partial charge in [0.05, 0.1) is 32.2 Å². The number of rotatable bonds is 7. The average molecular weight is 482 g/mol. The molecule has 178 valence electrons. The summed E-state index contributed by atoms with van der Waals surface area (Å²) in [5.41, 5.74) is 5.31. The molecular formula is C25H28ClN5O3. The van der Waals surface area contributed by atoms with E-state index in [0.717, 1.165) is 47.9 Å². The second-order valence-corrected chi connectivity index (χ2v) is 9.11. The highest BCUT2D eigenvalue weighted by Crippen LogP contribution is 2.34. The molecule has 0 unspecified atom stereocenters. The van der Waals surface area contributed by atoms with Crippen LogP contribution >= 0.6 is 11.6 Å². The van der Waals surface area contributed by atoms with Crippen LogP contribution in [0, 0.1) is 6.92 Å². The van der Waals surface area contributed by atoms with Gasteiger partial charge in [0.1, 0.15) is 22.6 Å². The zero-order chi connectivity index (χ0) is 23.7. The van der Waals surface area contributed by atoms with Crippen LogP contribution < -0.4 is 20.1 Å². The Kier molecular flexibility index (Phi) is 6.45. The maximum Gasteiger partial charge on any atom is 0.229 e. The summed E-state index contributed by atoms with van der Waals surface area (Å²) in [6.07, 6.45) is 2.72. The molecule has 2 N–H and O–H groups in total. The molecule has 3 heterocycles. The molecule has 0 bridgehead atoms. The lowest BCUT2D eigenvalue weighted by Gasteiger charge is -2.27. The van der Waals surface area contributed by atoms with Crippen LogP contribution in [-0.2, 0) is 17.7 Å². The fourth-order valence-corrected chi connectivity index (χ4v) is 4.22. The van der Waals surface area contributed by atoms with Crippen molar-refractivity contribution in [2.24, 2.45) is 0 Å². The van der Waals surface area contributed by atoms with Gasteiger partial charge in [0, 0.05) is 18.8 Å². The minimum atomic E-state index is 0.129. The number of benzene rings is 2. The molecule has 8 nitrogen and oxygen atoms in total. The first-order valence-corrected chi connectivity index (χ1v) is 11.7. The van der Waals surface area contributed by atoms with Gasteiger partial charge >= 0.3 is 0 Å². The van der Waals surface area contributed by atoms with Crippen molar-refractivity contribution in [3.63, 3.8) is 0 Å². The third-order valence-corrected chi connectivity index (χ3v) is 6.35. The number of likely N-dealkylation sites (N-methyl/N-ethyl adjacent to an activating group) is 1. The quantitative estimate of drug-likeness (QED) is 0.502. The van der Waals surface area contributed by atoms with Gasteiger partial charge in [-0.2, -0.15) is 4.98 Å². The van der Waals surface area contributed by atoms with Crippen LogP contribution in [0.1, 0.15) is 16.7 Å². The van der Waals surface area contributed by atoms with Gasteiger partial charge in [-0.3, -0.25) is 0 Å². The molecule has 1 saturated heterocycles. The standard InChI is InChI=1S/C25H28ClN5O3/c1-15-8-18(34-19-13-33-14-19)4-5-21(15)28-24-20(26)11-27-25(30-24)29-22-9-17-12-31(2)7-6-16(17)10-23(22)32-3/h4-5,8-11,19H,6-7,12-14H2,1-3H3,(H2,27,28,29,30). The molecule has 0 saturated carbocycles. The van der Waals surface area contributed by atoms with Gasteiger partial charge in [-0.15, -0.1) is 0 Å². The number of anilines is 4. The van der Waals surface area contributed by atoms with Crippen LogP contribution in [0.2, 0.25) is 5.02 Å². The largest absolute Gasteiger partial charge is 0.495 e. The van der Waals surface area contributed by atoms with Gasteiger partial charge in [-0.1, -0.05) is 11.6 Å². The highest BCUT2D eigenvalue weighted by molar-refractivity contribution is 6.32. The number of aryl methyl sites for hydroxylation is 1. The third kappa shape index (κ3) is 4.89. The van der Waals surface area contributed by atoms with E-state index < -0.39 is 0 Å². The number of nitrogens with one attached hydrogen (secondary N) is 2. The van der Waals surface area contributed by atoms with E-state index in [1.54, 1.807) is 13.3 Å². The van der Waals surface area contributed by atoms with Crippen LogP contribution in [0.4, 0.5) is 23.1 Å². The van der Waals surface area contributed by atoms with E-state index in [1.165, 1.54) is 11.1 Å². The Balaban J connectivity index is 1.36. The summed E-state index contributed by atoms with van der Waals surface area (Å²) in [5.74, 6) is 2.52. The Bertz CT molecular complexity index is 1200. The van der Waals surface area contributed by atoms with Gasteiger partial charge in [0.25, 0.3) is 0 Å². The topological polar surface area (TPSA) is 80.8 Å². The second-order valence-electron chi connectivity index (χ2n) is 8.70. The van der Waals surface area contributed by atoms with E-state index in [-0.39, 0.29) is 6.10 Å². The predicted octanol–water partition coefficient (Wildman–Crippen LogP) is 4.70. The Labute approximate surface area is 204 Å². The molecule has 2 aliphatic heterocycles. The first-order valence-electron chi connectivity index (χ1n) is 11.3. The Morgan fingerprint density at radius 1 is 1.12 bits per heavy atom. The number of hydrogen-bond acceptors (Lipinski definition) is 8. The summed E-state index contributed by atoms with van der Waals surface area (Å²) in [6, 6.07) is 10.1. The highest BCUT2D eigenvalue weighted by Gasteiger charge is 2.21. The number of halogens is 1. The zero-order valence-electron chi connectivity index (χ0n) is 19.5. The zero-order valence-corrected chi connectivity index (χ0v) is 20.3. The first kappa shape index (κ1) is 22.7. The predicted molar refractivity (Wildman–Crippen MR) is 133 cm³/mol. The van der Waals surface area contributed by atoms with Crippen molar-refractivity contribution >= 4 is 34.7 Å². The van der Waals surface area contributed by atoms with E-state index in [2.05, 4.69) is 44.7 Å². The van der Waals surface area contributed by atoms with Gasteiger partial charge in [-0.05, 0) is 67.4 Å². The Morgan fingerprint density at radius 3 is 2.71 bits per heavy atom. The number of ether oxygens (including phenoxy) is 3.